The van der Waals surface area contributed by atoms with E-state index in [0.717, 1.165) is 5.56 Å². The lowest BCUT2D eigenvalue weighted by Gasteiger charge is -2.36. The minimum absolute atomic E-state index is 0.0193. The van der Waals surface area contributed by atoms with Gasteiger partial charge in [-0.3, -0.25) is 4.79 Å². The third kappa shape index (κ3) is 2.54. The molecule has 1 aliphatic heterocycles. The molecule has 0 fully saturated rings. The van der Waals surface area contributed by atoms with Crippen molar-refractivity contribution in [2.75, 3.05) is 6.54 Å². The van der Waals surface area contributed by atoms with Crippen LogP contribution >= 0.6 is 0 Å². The van der Waals surface area contributed by atoms with E-state index in [0.29, 0.717) is 18.5 Å². The minimum Gasteiger partial charge on any atom is -0.479 e. The van der Waals surface area contributed by atoms with Gasteiger partial charge in [-0.2, -0.15) is 0 Å². The van der Waals surface area contributed by atoms with Gasteiger partial charge in [0.2, 0.25) is 5.91 Å². The van der Waals surface area contributed by atoms with Gasteiger partial charge in [0.25, 0.3) is 0 Å². The molecule has 108 valence electrons. The molecule has 0 saturated carbocycles. The highest BCUT2D eigenvalue weighted by Gasteiger charge is 2.37. The van der Waals surface area contributed by atoms with Crippen LogP contribution in [0.5, 0.6) is 0 Å². The Kier molecular flexibility index (Phi) is 4.09. The van der Waals surface area contributed by atoms with E-state index in [4.69, 9.17) is 5.73 Å². The summed E-state index contributed by atoms with van der Waals surface area (Å²) in [5.41, 5.74) is 7.57. The lowest BCUT2D eigenvalue weighted by Crippen LogP contribution is -2.51. The summed E-state index contributed by atoms with van der Waals surface area (Å²) < 4.78 is 0. The number of fused-ring (bicyclic) bond motifs is 1. The van der Waals surface area contributed by atoms with Crippen molar-refractivity contribution in [3.63, 3.8) is 0 Å². The molecule has 1 aliphatic rings. The Morgan fingerprint density at radius 1 is 1.35 bits per heavy atom. The van der Waals surface area contributed by atoms with Crippen molar-refractivity contribution in [2.24, 2.45) is 11.7 Å². The van der Waals surface area contributed by atoms with E-state index < -0.39 is 18.1 Å². The second kappa shape index (κ2) is 5.63. The first-order chi connectivity index (χ1) is 9.43. The average Bonchev–Trinajstić information content (AvgIpc) is 2.44. The van der Waals surface area contributed by atoms with Gasteiger partial charge in [-0.1, -0.05) is 38.1 Å². The summed E-state index contributed by atoms with van der Waals surface area (Å²) in [6.07, 6.45) is 0.663. The summed E-state index contributed by atoms with van der Waals surface area (Å²) in [6.45, 7) is 4.11. The van der Waals surface area contributed by atoms with E-state index in [1.54, 1.807) is 12.1 Å². The third-order valence-electron chi connectivity index (χ3n) is 3.80. The second-order valence-electron chi connectivity index (χ2n) is 5.49. The van der Waals surface area contributed by atoms with Crippen LogP contribution in [0.2, 0.25) is 0 Å². The maximum absolute atomic E-state index is 12.4. The average molecular weight is 276 g/mol. The molecule has 20 heavy (non-hydrogen) atoms. The lowest BCUT2D eigenvalue weighted by molar-refractivity contribution is -0.152. The van der Waals surface area contributed by atoms with E-state index in [1.807, 2.05) is 26.0 Å². The van der Waals surface area contributed by atoms with Crippen LogP contribution < -0.4 is 5.73 Å². The summed E-state index contributed by atoms with van der Waals surface area (Å²) in [5, 5.41) is 9.49. The number of nitrogens with two attached hydrogens (primary N) is 1. The van der Waals surface area contributed by atoms with E-state index in [2.05, 4.69) is 0 Å². The highest BCUT2D eigenvalue weighted by atomic mass is 16.4. The summed E-state index contributed by atoms with van der Waals surface area (Å²) in [5.74, 6) is -1.32. The first kappa shape index (κ1) is 14.5. The molecule has 0 aromatic heterocycles. The van der Waals surface area contributed by atoms with Crippen LogP contribution in [0, 0.1) is 5.92 Å². The van der Waals surface area contributed by atoms with Crippen molar-refractivity contribution in [1.29, 1.82) is 0 Å². The predicted molar refractivity (Wildman–Crippen MR) is 75.0 cm³/mol. The number of amides is 1. The summed E-state index contributed by atoms with van der Waals surface area (Å²) in [4.78, 5) is 25.4. The molecule has 1 unspecified atom stereocenters. The Balaban J connectivity index is 2.36. The fraction of sp³-hybridized carbons (Fsp3) is 0.467. The van der Waals surface area contributed by atoms with Crippen molar-refractivity contribution >= 4 is 11.9 Å². The number of rotatable bonds is 3. The zero-order chi connectivity index (χ0) is 14.9. The fourth-order valence-corrected chi connectivity index (χ4v) is 2.55. The van der Waals surface area contributed by atoms with Crippen LogP contribution in [-0.2, 0) is 16.0 Å². The van der Waals surface area contributed by atoms with Gasteiger partial charge >= 0.3 is 5.97 Å². The van der Waals surface area contributed by atoms with Crippen molar-refractivity contribution in [2.45, 2.75) is 32.4 Å². The molecular weight excluding hydrogens is 256 g/mol. The van der Waals surface area contributed by atoms with Crippen LogP contribution in [0.25, 0.3) is 0 Å². The maximum atomic E-state index is 12.4. The van der Waals surface area contributed by atoms with E-state index in [-0.39, 0.29) is 11.8 Å². The number of hydrogen-bond donors (Lipinski definition) is 2. The molecule has 0 saturated heterocycles. The Labute approximate surface area is 118 Å². The lowest BCUT2D eigenvalue weighted by atomic mass is 9.91. The summed E-state index contributed by atoms with van der Waals surface area (Å²) >= 11 is 0. The van der Waals surface area contributed by atoms with Crippen LogP contribution in [0.4, 0.5) is 0 Å². The highest BCUT2D eigenvalue weighted by Crippen LogP contribution is 2.30. The van der Waals surface area contributed by atoms with Gasteiger partial charge in [0.1, 0.15) is 0 Å². The zero-order valence-corrected chi connectivity index (χ0v) is 11.7. The quantitative estimate of drug-likeness (QED) is 0.868. The normalized spacial score (nSPS) is 19.6. The minimum atomic E-state index is -1.01. The third-order valence-corrected chi connectivity index (χ3v) is 3.80. The number of carbonyl (C=O) groups excluding carboxylic acids is 1. The molecule has 1 amide bonds. The van der Waals surface area contributed by atoms with Crippen molar-refractivity contribution < 1.29 is 14.7 Å². The highest BCUT2D eigenvalue weighted by molar-refractivity contribution is 5.88. The van der Waals surface area contributed by atoms with Crippen molar-refractivity contribution in [1.82, 2.24) is 4.90 Å². The number of carbonyl (C=O) groups is 2. The number of benzene rings is 1. The summed E-state index contributed by atoms with van der Waals surface area (Å²) in [6, 6.07) is 5.77. The standard InChI is InChI=1S/C15H20N2O3/c1-9(2)12(16)14(18)17-8-7-10-5-3-4-6-11(10)13(17)15(19)20/h3-6,9,12-13H,7-8,16H2,1-2H3,(H,19,20)/t12-,13?/m1/s1. The fourth-order valence-electron chi connectivity index (χ4n) is 2.55. The molecule has 1 aromatic carbocycles. The largest absolute Gasteiger partial charge is 0.479 e. The van der Waals surface area contributed by atoms with Crippen LogP contribution in [0.3, 0.4) is 0 Å². The van der Waals surface area contributed by atoms with Gasteiger partial charge in [0.05, 0.1) is 6.04 Å². The van der Waals surface area contributed by atoms with E-state index in [1.165, 1.54) is 4.90 Å². The van der Waals surface area contributed by atoms with E-state index in [9.17, 15) is 14.7 Å². The molecule has 0 spiro atoms. The summed E-state index contributed by atoms with van der Waals surface area (Å²) in [7, 11) is 0. The number of nitrogens with zero attached hydrogens (tertiary/aromatic N) is 1. The van der Waals surface area contributed by atoms with Crippen molar-refractivity contribution in [3.05, 3.63) is 35.4 Å². The first-order valence-corrected chi connectivity index (χ1v) is 6.80. The van der Waals surface area contributed by atoms with Crippen LogP contribution in [0.15, 0.2) is 24.3 Å². The molecule has 1 heterocycles. The molecule has 0 aliphatic carbocycles. The van der Waals surface area contributed by atoms with Crippen LogP contribution in [0.1, 0.15) is 31.0 Å². The maximum Gasteiger partial charge on any atom is 0.331 e. The van der Waals surface area contributed by atoms with Crippen LogP contribution in [-0.4, -0.2) is 34.5 Å². The molecule has 3 N–H and O–H groups in total. The molecule has 2 atom stereocenters. The topological polar surface area (TPSA) is 83.6 Å². The molecule has 2 rings (SSSR count). The van der Waals surface area contributed by atoms with Gasteiger partial charge in [-0.25, -0.2) is 4.79 Å². The smallest absolute Gasteiger partial charge is 0.331 e. The molecule has 0 radical (unpaired) electrons. The van der Waals surface area contributed by atoms with Gasteiger partial charge in [0.15, 0.2) is 6.04 Å². The monoisotopic (exact) mass is 276 g/mol. The molecular formula is C15H20N2O3. The number of hydrogen-bond acceptors (Lipinski definition) is 3. The molecule has 5 nitrogen and oxygen atoms in total. The molecule has 5 heteroatoms. The number of carboxylic acid groups (broad SMARTS) is 1. The van der Waals surface area contributed by atoms with Gasteiger partial charge in [0, 0.05) is 6.54 Å². The van der Waals surface area contributed by atoms with Gasteiger partial charge in [-0.05, 0) is 23.5 Å². The van der Waals surface area contributed by atoms with Crippen molar-refractivity contribution in [3.8, 4) is 0 Å². The Hall–Kier alpha value is -1.88. The Bertz CT molecular complexity index is 528. The number of carboxylic acids is 1. The number of aliphatic carboxylic acids is 1. The van der Waals surface area contributed by atoms with E-state index >= 15 is 0 Å². The van der Waals surface area contributed by atoms with Gasteiger partial charge < -0.3 is 15.7 Å². The zero-order valence-electron chi connectivity index (χ0n) is 11.7. The molecule has 1 aromatic rings. The van der Waals surface area contributed by atoms with Gasteiger partial charge in [-0.15, -0.1) is 0 Å². The SMILES string of the molecule is CC(C)[C@@H](N)C(=O)N1CCc2ccccc2C1C(=O)O. The second-order valence-corrected chi connectivity index (χ2v) is 5.49. The predicted octanol–water partition coefficient (Wildman–Crippen LogP) is 1.18. The Morgan fingerprint density at radius 2 is 2.00 bits per heavy atom. The Morgan fingerprint density at radius 3 is 2.60 bits per heavy atom. The molecule has 0 bridgehead atoms. The first-order valence-electron chi connectivity index (χ1n) is 6.80.